The molecule has 0 radical (unpaired) electrons. The van der Waals surface area contributed by atoms with Gasteiger partial charge in [-0.1, -0.05) is 32.4 Å². The third-order valence-electron chi connectivity index (χ3n) is 1.78. The fourth-order valence-electron chi connectivity index (χ4n) is 0.953. The highest BCUT2D eigenvalue weighted by Crippen LogP contribution is 2.17. The third-order valence-corrected chi connectivity index (χ3v) is 1.97. The fraction of sp³-hybridized carbons (Fsp3) is 0.600. The van der Waals surface area contributed by atoms with E-state index in [4.69, 9.17) is 11.6 Å². The van der Waals surface area contributed by atoms with Crippen molar-refractivity contribution in [2.75, 3.05) is 11.9 Å². The topological polar surface area (TPSA) is 37.8 Å². The molecule has 0 aliphatic rings. The molecule has 0 atom stereocenters. The molecule has 0 aliphatic heterocycles. The van der Waals surface area contributed by atoms with Gasteiger partial charge >= 0.3 is 0 Å². The summed E-state index contributed by atoms with van der Waals surface area (Å²) in [5, 5.41) is 3.71. The average molecular weight is 214 g/mol. The molecule has 78 valence electrons. The van der Waals surface area contributed by atoms with Crippen LogP contribution in [0.5, 0.6) is 0 Å². The number of nitrogens with one attached hydrogen (secondary N) is 1. The van der Waals surface area contributed by atoms with E-state index in [-0.39, 0.29) is 0 Å². The average Bonchev–Trinajstić information content (AvgIpc) is 2.06. The molecule has 4 heteroatoms. The molecule has 1 heterocycles. The third kappa shape index (κ3) is 4.42. The van der Waals surface area contributed by atoms with Crippen LogP contribution < -0.4 is 5.32 Å². The predicted molar refractivity (Wildman–Crippen MR) is 59.6 cm³/mol. The Morgan fingerprint density at radius 2 is 1.86 bits per heavy atom. The zero-order valence-electron chi connectivity index (χ0n) is 8.84. The SMILES string of the molecule is CC(C)(C)CCNc1ncc(Cl)cn1. The lowest BCUT2D eigenvalue weighted by Crippen LogP contribution is -2.13. The molecule has 1 rings (SSSR count). The van der Waals surface area contributed by atoms with Gasteiger partial charge in [-0.2, -0.15) is 0 Å². The number of hydrogen-bond acceptors (Lipinski definition) is 3. The molecule has 1 aromatic rings. The summed E-state index contributed by atoms with van der Waals surface area (Å²) in [4.78, 5) is 8.09. The number of halogens is 1. The van der Waals surface area contributed by atoms with Crippen molar-refractivity contribution in [1.82, 2.24) is 9.97 Å². The Bertz CT molecular complexity index is 276. The normalized spacial score (nSPS) is 11.4. The standard InChI is InChI=1S/C10H16ClN3/c1-10(2,3)4-5-12-9-13-6-8(11)7-14-9/h6-7H,4-5H2,1-3H3,(H,12,13,14). The molecule has 0 saturated heterocycles. The van der Waals surface area contributed by atoms with Gasteiger partial charge in [-0.25, -0.2) is 9.97 Å². The Morgan fingerprint density at radius 3 is 2.36 bits per heavy atom. The zero-order chi connectivity index (χ0) is 10.6. The van der Waals surface area contributed by atoms with E-state index >= 15 is 0 Å². The lowest BCUT2D eigenvalue weighted by atomic mass is 9.92. The van der Waals surface area contributed by atoms with Crippen molar-refractivity contribution < 1.29 is 0 Å². The van der Waals surface area contributed by atoms with E-state index < -0.39 is 0 Å². The van der Waals surface area contributed by atoms with Crippen LogP contribution in [0.1, 0.15) is 27.2 Å². The maximum absolute atomic E-state index is 5.67. The number of hydrogen-bond donors (Lipinski definition) is 1. The van der Waals surface area contributed by atoms with Gasteiger partial charge in [-0.15, -0.1) is 0 Å². The highest BCUT2D eigenvalue weighted by atomic mass is 35.5. The minimum absolute atomic E-state index is 0.333. The number of rotatable bonds is 3. The van der Waals surface area contributed by atoms with Gasteiger partial charge in [0, 0.05) is 6.54 Å². The van der Waals surface area contributed by atoms with Crippen molar-refractivity contribution >= 4 is 17.5 Å². The highest BCUT2D eigenvalue weighted by molar-refractivity contribution is 6.30. The van der Waals surface area contributed by atoms with Crippen LogP contribution in [0.3, 0.4) is 0 Å². The smallest absolute Gasteiger partial charge is 0.222 e. The predicted octanol–water partition coefficient (Wildman–Crippen LogP) is 2.98. The fourth-order valence-corrected chi connectivity index (χ4v) is 1.05. The summed E-state index contributed by atoms with van der Waals surface area (Å²) >= 11 is 5.67. The Labute approximate surface area is 89.9 Å². The largest absolute Gasteiger partial charge is 0.354 e. The Kier molecular flexibility index (Phi) is 3.69. The molecule has 0 amide bonds. The van der Waals surface area contributed by atoms with Gasteiger partial charge in [0.05, 0.1) is 17.4 Å². The van der Waals surface area contributed by atoms with Gasteiger partial charge in [0.1, 0.15) is 0 Å². The summed E-state index contributed by atoms with van der Waals surface area (Å²) in [5.74, 6) is 0.638. The molecule has 14 heavy (non-hydrogen) atoms. The van der Waals surface area contributed by atoms with Gasteiger partial charge < -0.3 is 5.32 Å². The second-order valence-corrected chi connectivity index (χ2v) is 4.90. The molecule has 0 unspecified atom stereocenters. The van der Waals surface area contributed by atoms with Gasteiger partial charge in [-0.3, -0.25) is 0 Å². The van der Waals surface area contributed by atoms with Crippen LogP contribution in [0.2, 0.25) is 5.02 Å². The summed E-state index contributed by atoms with van der Waals surface area (Å²) in [6.45, 7) is 7.50. The van der Waals surface area contributed by atoms with Crippen LogP contribution in [0.4, 0.5) is 5.95 Å². The molecule has 0 spiro atoms. The van der Waals surface area contributed by atoms with Crippen molar-refractivity contribution in [2.24, 2.45) is 5.41 Å². The van der Waals surface area contributed by atoms with Gasteiger partial charge in [0.25, 0.3) is 0 Å². The first kappa shape index (κ1) is 11.2. The maximum Gasteiger partial charge on any atom is 0.222 e. The molecular formula is C10H16ClN3. The molecule has 0 saturated carbocycles. The molecule has 0 bridgehead atoms. The summed E-state index contributed by atoms with van der Waals surface area (Å²) < 4.78 is 0. The Morgan fingerprint density at radius 1 is 1.29 bits per heavy atom. The van der Waals surface area contributed by atoms with E-state index in [9.17, 15) is 0 Å². The molecule has 3 nitrogen and oxygen atoms in total. The van der Waals surface area contributed by atoms with E-state index in [2.05, 4.69) is 36.1 Å². The van der Waals surface area contributed by atoms with Crippen LogP contribution in [0.25, 0.3) is 0 Å². The number of nitrogens with zero attached hydrogens (tertiary/aromatic N) is 2. The molecule has 0 aliphatic carbocycles. The molecule has 1 N–H and O–H groups in total. The van der Waals surface area contributed by atoms with Crippen LogP contribution in [0, 0.1) is 5.41 Å². The molecule has 0 fully saturated rings. The highest BCUT2D eigenvalue weighted by Gasteiger charge is 2.09. The first-order valence-corrected chi connectivity index (χ1v) is 5.07. The van der Waals surface area contributed by atoms with E-state index in [0.717, 1.165) is 13.0 Å². The van der Waals surface area contributed by atoms with Crippen molar-refractivity contribution in [3.8, 4) is 0 Å². The monoisotopic (exact) mass is 213 g/mol. The van der Waals surface area contributed by atoms with Crippen molar-refractivity contribution in [1.29, 1.82) is 0 Å². The van der Waals surface area contributed by atoms with Crippen LogP contribution in [-0.4, -0.2) is 16.5 Å². The minimum Gasteiger partial charge on any atom is -0.354 e. The van der Waals surface area contributed by atoms with E-state index in [1.807, 2.05) is 0 Å². The Balaban J connectivity index is 2.35. The van der Waals surface area contributed by atoms with Crippen LogP contribution >= 0.6 is 11.6 Å². The molecule has 1 aromatic heterocycles. The zero-order valence-corrected chi connectivity index (χ0v) is 9.60. The van der Waals surface area contributed by atoms with Gasteiger partial charge in [0.15, 0.2) is 0 Å². The van der Waals surface area contributed by atoms with Gasteiger partial charge in [-0.05, 0) is 11.8 Å². The quantitative estimate of drug-likeness (QED) is 0.839. The summed E-state index contributed by atoms with van der Waals surface area (Å²) in [5.41, 5.74) is 0.333. The Hall–Kier alpha value is -0.830. The van der Waals surface area contributed by atoms with Crippen molar-refractivity contribution in [3.63, 3.8) is 0 Å². The van der Waals surface area contributed by atoms with E-state index in [1.165, 1.54) is 0 Å². The minimum atomic E-state index is 0.333. The maximum atomic E-state index is 5.67. The lowest BCUT2D eigenvalue weighted by Gasteiger charge is -2.17. The van der Waals surface area contributed by atoms with Crippen LogP contribution in [0.15, 0.2) is 12.4 Å². The summed E-state index contributed by atoms with van der Waals surface area (Å²) in [7, 11) is 0. The summed E-state index contributed by atoms with van der Waals surface area (Å²) in [6, 6.07) is 0. The second kappa shape index (κ2) is 4.60. The first-order chi connectivity index (χ1) is 6.47. The van der Waals surface area contributed by atoms with Gasteiger partial charge in [0.2, 0.25) is 5.95 Å². The summed E-state index contributed by atoms with van der Waals surface area (Å²) in [6.07, 6.45) is 4.26. The number of aromatic nitrogens is 2. The first-order valence-electron chi connectivity index (χ1n) is 4.69. The second-order valence-electron chi connectivity index (χ2n) is 4.46. The molecular weight excluding hydrogens is 198 g/mol. The van der Waals surface area contributed by atoms with E-state index in [0.29, 0.717) is 16.4 Å². The van der Waals surface area contributed by atoms with Crippen LogP contribution in [-0.2, 0) is 0 Å². The lowest BCUT2D eigenvalue weighted by molar-refractivity contribution is 0.389. The van der Waals surface area contributed by atoms with Crippen molar-refractivity contribution in [3.05, 3.63) is 17.4 Å². The van der Waals surface area contributed by atoms with Crippen molar-refractivity contribution in [2.45, 2.75) is 27.2 Å². The molecule has 0 aromatic carbocycles. The number of anilines is 1. The van der Waals surface area contributed by atoms with E-state index in [1.54, 1.807) is 12.4 Å².